The molecule has 110 valence electrons. The summed E-state index contributed by atoms with van der Waals surface area (Å²) in [6, 6.07) is 5.03. The minimum atomic E-state index is -0.397. The van der Waals surface area contributed by atoms with Gasteiger partial charge in [-0.25, -0.2) is 0 Å². The molecule has 0 spiro atoms. The minimum Gasteiger partial charge on any atom is -0.497 e. The summed E-state index contributed by atoms with van der Waals surface area (Å²) in [7, 11) is 3.04. The van der Waals surface area contributed by atoms with Gasteiger partial charge in [0.15, 0.2) is 0 Å². The molecule has 0 aliphatic carbocycles. The minimum absolute atomic E-state index is 0.00539. The first-order valence-electron chi connectivity index (χ1n) is 6.27. The van der Waals surface area contributed by atoms with E-state index in [0.717, 1.165) is 0 Å². The van der Waals surface area contributed by atoms with Crippen LogP contribution in [0.15, 0.2) is 18.2 Å². The molecule has 1 aromatic carbocycles. The standard InChI is InChI=1S/C14H20N2O4/c1-9(2)15-13(17)8-14(18)16-11-6-5-10(19-3)7-12(11)20-4/h5-7,9H,8H2,1-4H3,(H,15,17)(H,16,18). The van der Waals surface area contributed by atoms with Crippen LogP contribution in [0.5, 0.6) is 11.5 Å². The van der Waals surface area contributed by atoms with Gasteiger partial charge in [0, 0.05) is 12.1 Å². The normalized spacial score (nSPS) is 10.1. The number of hydrogen-bond acceptors (Lipinski definition) is 4. The molecule has 0 fully saturated rings. The Morgan fingerprint density at radius 3 is 2.40 bits per heavy atom. The molecule has 0 saturated heterocycles. The zero-order valence-corrected chi connectivity index (χ0v) is 12.1. The number of carbonyl (C=O) groups excluding carboxylic acids is 2. The van der Waals surface area contributed by atoms with E-state index in [9.17, 15) is 9.59 Å². The number of hydrogen-bond donors (Lipinski definition) is 2. The zero-order valence-electron chi connectivity index (χ0n) is 12.1. The van der Waals surface area contributed by atoms with Gasteiger partial charge < -0.3 is 20.1 Å². The molecule has 0 aliphatic rings. The van der Waals surface area contributed by atoms with Crippen molar-refractivity contribution in [3.63, 3.8) is 0 Å². The molecule has 1 rings (SSSR count). The molecule has 20 heavy (non-hydrogen) atoms. The van der Waals surface area contributed by atoms with Gasteiger partial charge in [0.25, 0.3) is 0 Å². The maximum atomic E-state index is 11.8. The molecule has 0 saturated carbocycles. The van der Waals surface area contributed by atoms with Crippen LogP contribution in [0.4, 0.5) is 5.69 Å². The van der Waals surface area contributed by atoms with Crippen molar-refractivity contribution in [3.05, 3.63) is 18.2 Å². The second-order valence-corrected chi connectivity index (χ2v) is 4.51. The Kier molecular flexibility index (Phi) is 5.83. The number of ether oxygens (including phenoxy) is 2. The molecule has 2 N–H and O–H groups in total. The van der Waals surface area contributed by atoms with Crippen molar-refractivity contribution in [2.45, 2.75) is 26.3 Å². The highest BCUT2D eigenvalue weighted by Gasteiger charge is 2.13. The summed E-state index contributed by atoms with van der Waals surface area (Å²) in [5, 5.41) is 5.29. The average Bonchev–Trinajstić information content (AvgIpc) is 2.37. The fourth-order valence-electron chi connectivity index (χ4n) is 1.62. The van der Waals surface area contributed by atoms with E-state index in [4.69, 9.17) is 9.47 Å². The van der Waals surface area contributed by atoms with Gasteiger partial charge in [0.2, 0.25) is 11.8 Å². The molecule has 2 amide bonds. The van der Waals surface area contributed by atoms with Crippen molar-refractivity contribution in [3.8, 4) is 11.5 Å². The predicted octanol–water partition coefficient (Wildman–Crippen LogP) is 1.56. The third-order valence-electron chi connectivity index (χ3n) is 2.45. The van der Waals surface area contributed by atoms with Crippen molar-refractivity contribution >= 4 is 17.5 Å². The van der Waals surface area contributed by atoms with E-state index in [1.807, 2.05) is 13.8 Å². The molecular formula is C14H20N2O4. The number of amides is 2. The Labute approximate surface area is 118 Å². The second-order valence-electron chi connectivity index (χ2n) is 4.51. The number of anilines is 1. The van der Waals surface area contributed by atoms with Gasteiger partial charge in [-0.2, -0.15) is 0 Å². The Bertz CT molecular complexity index is 486. The lowest BCUT2D eigenvalue weighted by atomic mass is 10.2. The monoisotopic (exact) mass is 280 g/mol. The first-order valence-corrected chi connectivity index (χ1v) is 6.27. The van der Waals surface area contributed by atoms with Crippen LogP contribution in [0.25, 0.3) is 0 Å². The number of carbonyl (C=O) groups is 2. The molecule has 0 unspecified atom stereocenters. The lowest BCUT2D eigenvalue weighted by Crippen LogP contribution is -2.33. The molecule has 0 aromatic heterocycles. The molecule has 1 aromatic rings. The van der Waals surface area contributed by atoms with Crippen LogP contribution in [-0.2, 0) is 9.59 Å². The predicted molar refractivity (Wildman–Crippen MR) is 76.1 cm³/mol. The van der Waals surface area contributed by atoms with Crippen LogP contribution in [0, 0.1) is 0 Å². The Hall–Kier alpha value is -2.24. The van der Waals surface area contributed by atoms with Crippen molar-refractivity contribution in [1.82, 2.24) is 5.32 Å². The van der Waals surface area contributed by atoms with Gasteiger partial charge in [-0.15, -0.1) is 0 Å². The number of nitrogens with one attached hydrogen (secondary N) is 2. The highest BCUT2D eigenvalue weighted by Crippen LogP contribution is 2.28. The molecule has 0 bridgehead atoms. The number of benzene rings is 1. The average molecular weight is 280 g/mol. The van der Waals surface area contributed by atoms with Crippen LogP contribution in [0.2, 0.25) is 0 Å². The third-order valence-corrected chi connectivity index (χ3v) is 2.45. The third kappa shape index (κ3) is 4.79. The van der Waals surface area contributed by atoms with E-state index >= 15 is 0 Å². The topological polar surface area (TPSA) is 76.7 Å². The molecule has 0 radical (unpaired) electrons. The first-order chi connectivity index (χ1) is 9.46. The summed E-state index contributed by atoms with van der Waals surface area (Å²) in [4.78, 5) is 23.3. The van der Waals surface area contributed by atoms with Crippen LogP contribution in [0.1, 0.15) is 20.3 Å². The Morgan fingerprint density at radius 1 is 1.15 bits per heavy atom. The summed E-state index contributed by atoms with van der Waals surface area (Å²) in [6.07, 6.45) is -0.229. The van der Waals surface area contributed by atoms with Crippen LogP contribution in [0.3, 0.4) is 0 Å². The summed E-state index contributed by atoms with van der Waals surface area (Å²) in [6.45, 7) is 3.67. The smallest absolute Gasteiger partial charge is 0.233 e. The molecule has 6 heteroatoms. The molecule has 0 aliphatic heterocycles. The van der Waals surface area contributed by atoms with Crippen molar-refractivity contribution in [2.24, 2.45) is 0 Å². The Morgan fingerprint density at radius 2 is 1.85 bits per heavy atom. The number of rotatable bonds is 6. The molecule has 0 heterocycles. The van der Waals surface area contributed by atoms with E-state index in [1.165, 1.54) is 7.11 Å². The van der Waals surface area contributed by atoms with E-state index < -0.39 is 5.91 Å². The van der Waals surface area contributed by atoms with E-state index in [0.29, 0.717) is 17.2 Å². The summed E-state index contributed by atoms with van der Waals surface area (Å²) < 4.78 is 10.2. The van der Waals surface area contributed by atoms with E-state index in [-0.39, 0.29) is 18.4 Å². The molecular weight excluding hydrogens is 260 g/mol. The van der Waals surface area contributed by atoms with Gasteiger partial charge in [0.05, 0.1) is 19.9 Å². The van der Waals surface area contributed by atoms with Crippen molar-refractivity contribution in [1.29, 1.82) is 0 Å². The highest BCUT2D eigenvalue weighted by atomic mass is 16.5. The summed E-state index contributed by atoms with van der Waals surface area (Å²) >= 11 is 0. The fraction of sp³-hybridized carbons (Fsp3) is 0.429. The SMILES string of the molecule is COc1ccc(NC(=O)CC(=O)NC(C)C)c(OC)c1. The molecule has 0 atom stereocenters. The van der Waals surface area contributed by atoms with Crippen LogP contribution < -0.4 is 20.1 Å². The van der Waals surface area contributed by atoms with Gasteiger partial charge in [-0.3, -0.25) is 9.59 Å². The van der Waals surface area contributed by atoms with Gasteiger partial charge in [0.1, 0.15) is 17.9 Å². The van der Waals surface area contributed by atoms with Gasteiger partial charge in [-0.05, 0) is 26.0 Å². The van der Waals surface area contributed by atoms with Crippen LogP contribution in [-0.4, -0.2) is 32.1 Å². The lowest BCUT2D eigenvalue weighted by molar-refractivity contribution is -0.127. The second kappa shape index (κ2) is 7.37. The summed E-state index contributed by atoms with van der Waals surface area (Å²) in [5.41, 5.74) is 0.496. The summed E-state index contributed by atoms with van der Waals surface area (Å²) in [5.74, 6) is 0.385. The van der Waals surface area contributed by atoms with E-state index in [1.54, 1.807) is 25.3 Å². The largest absolute Gasteiger partial charge is 0.497 e. The van der Waals surface area contributed by atoms with E-state index in [2.05, 4.69) is 10.6 Å². The quantitative estimate of drug-likeness (QED) is 0.775. The zero-order chi connectivity index (χ0) is 15.1. The maximum absolute atomic E-state index is 11.8. The maximum Gasteiger partial charge on any atom is 0.233 e. The number of methoxy groups -OCH3 is 2. The highest BCUT2D eigenvalue weighted by molar-refractivity contribution is 6.04. The van der Waals surface area contributed by atoms with Gasteiger partial charge in [-0.1, -0.05) is 0 Å². The van der Waals surface area contributed by atoms with Gasteiger partial charge >= 0.3 is 0 Å². The first kappa shape index (κ1) is 15.8. The fourth-order valence-corrected chi connectivity index (χ4v) is 1.62. The van der Waals surface area contributed by atoms with Crippen LogP contribution >= 0.6 is 0 Å². The molecule has 6 nitrogen and oxygen atoms in total. The van der Waals surface area contributed by atoms with Crippen molar-refractivity contribution < 1.29 is 19.1 Å². The van der Waals surface area contributed by atoms with Crippen molar-refractivity contribution in [2.75, 3.05) is 19.5 Å². The lowest BCUT2D eigenvalue weighted by Gasteiger charge is -2.12. The Balaban J connectivity index is 2.68.